The molecule has 1 aromatic carbocycles. The Hall–Kier alpha value is -2.04. The van der Waals surface area contributed by atoms with Crippen molar-refractivity contribution < 1.29 is 19.1 Å². The summed E-state index contributed by atoms with van der Waals surface area (Å²) < 4.78 is 8.53. The molecule has 1 rings (SSSR count). The monoisotopic (exact) mass is 195 g/mol. The van der Waals surface area contributed by atoms with Crippen molar-refractivity contribution in [2.75, 3.05) is 0 Å². The molecule has 0 spiro atoms. The van der Waals surface area contributed by atoms with E-state index in [0.29, 0.717) is 0 Å². The lowest BCUT2D eigenvalue weighted by Crippen LogP contribution is -2.19. The SMILES string of the molecule is NC(=O)OC(=O)OCc1ccccc1. The van der Waals surface area contributed by atoms with Gasteiger partial charge in [0.1, 0.15) is 6.61 Å². The molecule has 0 aliphatic rings. The first-order valence-corrected chi connectivity index (χ1v) is 3.86. The van der Waals surface area contributed by atoms with Gasteiger partial charge in [0.15, 0.2) is 0 Å². The lowest BCUT2D eigenvalue weighted by atomic mass is 10.2. The standard InChI is InChI=1S/C9H9NO4/c10-8(11)14-9(12)13-6-7-4-2-1-3-5-7/h1-5H,6H2,(H2,10,11). The number of carbonyl (C=O) groups excluding carboxylic acids is 2. The maximum Gasteiger partial charge on any atom is 0.517 e. The molecule has 1 aromatic rings. The van der Waals surface area contributed by atoms with E-state index in [2.05, 4.69) is 15.2 Å². The predicted molar refractivity (Wildman–Crippen MR) is 47.3 cm³/mol. The summed E-state index contributed by atoms with van der Waals surface area (Å²) >= 11 is 0. The van der Waals surface area contributed by atoms with Crippen LogP contribution in [0.4, 0.5) is 9.59 Å². The zero-order valence-corrected chi connectivity index (χ0v) is 7.30. The van der Waals surface area contributed by atoms with Crippen LogP contribution in [0.5, 0.6) is 0 Å². The number of benzene rings is 1. The van der Waals surface area contributed by atoms with Gasteiger partial charge in [-0.3, -0.25) is 0 Å². The average molecular weight is 195 g/mol. The third-order valence-electron chi connectivity index (χ3n) is 1.38. The van der Waals surface area contributed by atoms with Gasteiger partial charge in [0.2, 0.25) is 0 Å². The van der Waals surface area contributed by atoms with Crippen LogP contribution in [0, 0.1) is 0 Å². The second-order valence-electron chi connectivity index (χ2n) is 2.45. The average Bonchev–Trinajstić information content (AvgIpc) is 2.15. The summed E-state index contributed by atoms with van der Waals surface area (Å²) in [4.78, 5) is 20.8. The van der Waals surface area contributed by atoms with Gasteiger partial charge in [-0.25, -0.2) is 9.59 Å². The van der Waals surface area contributed by atoms with Crippen molar-refractivity contribution in [3.05, 3.63) is 35.9 Å². The molecular weight excluding hydrogens is 186 g/mol. The summed E-state index contributed by atoms with van der Waals surface area (Å²) in [7, 11) is 0. The van der Waals surface area contributed by atoms with Crippen LogP contribution in [0.25, 0.3) is 0 Å². The highest BCUT2D eigenvalue weighted by molar-refractivity contribution is 5.79. The maximum absolute atomic E-state index is 10.7. The Balaban J connectivity index is 2.34. The minimum Gasteiger partial charge on any atom is -0.429 e. The molecule has 0 heterocycles. The fourth-order valence-corrected chi connectivity index (χ4v) is 0.828. The van der Waals surface area contributed by atoms with Crippen molar-refractivity contribution in [2.45, 2.75) is 6.61 Å². The summed E-state index contributed by atoms with van der Waals surface area (Å²) in [5, 5.41) is 0. The number of hydrogen-bond acceptors (Lipinski definition) is 4. The fourth-order valence-electron chi connectivity index (χ4n) is 0.828. The Bertz CT molecular complexity index is 323. The predicted octanol–water partition coefficient (Wildman–Crippen LogP) is 1.42. The lowest BCUT2D eigenvalue weighted by Gasteiger charge is -2.02. The molecule has 5 heteroatoms. The molecule has 1 amide bonds. The zero-order valence-electron chi connectivity index (χ0n) is 7.30. The quantitative estimate of drug-likeness (QED) is 0.571. The first-order chi connectivity index (χ1) is 6.68. The molecule has 0 aliphatic carbocycles. The van der Waals surface area contributed by atoms with Crippen LogP contribution in [0.2, 0.25) is 0 Å². The van der Waals surface area contributed by atoms with Crippen LogP contribution in [0.15, 0.2) is 30.3 Å². The van der Waals surface area contributed by atoms with Crippen LogP contribution in [0.1, 0.15) is 5.56 Å². The highest BCUT2D eigenvalue weighted by atomic mass is 16.7. The van der Waals surface area contributed by atoms with E-state index in [1.54, 1.807) is 24.3 Å². The minimum atomic E-state index is -1.18. The highest BCUT2D eigenvalue weighted by Crippen LogP contribution is 2.01. The van der Waals surface area contributed by atoms with Gasteiger partial charge in [-0.2, -0.15) is 0 Å². The number of ether oxygens (including phenoxy) is 2. The molecular formula is C9H9NO4. The van der Waals surface area contributed by atoms with Crippen molar-refractivity contribution in [2.24, 2.45) is 5.73 Å². The van der Waals surface area contributed by atoms with Crippen molar-refractivity contribution in [3.8, 4) is 0 Å². The largest absolute Gasteiger partial charge is 0.517 e. The van der Waals surface area contributed by atoms with Crippen molar-refractivity contribution in [3.63, 3.8) is 0 Å². The van der Waals surface area contributed by atoms with Crippen molar-refractivity contribution >= 4 is 12.2 Å². The summed E-state index contributed by atoms with van der Waals surface area (Å²) in [6.07, 6.45) is -2.27. The molecule has 0 radical (unpaired) electrons. The summed E-state index contributed by atoms with van der Waals surface area (Å²) in [5.41, 5.74) is 5.40. The van der Waals surface area contributed by atoms with Crippen LogP contribution in [0.3, 0.4) is 0 Å². The lowest BCUT2D eigenvalue weighted by molar-refractivity contribution is 0.0728. The number of amides is 1. The van der Waals surface area contributed by atoms with Gasteiger partial charge in [0, 0.05) is 0 Å². The van der Waals surface area contributed by atoms with Gasteiger partial charge in [-0.1, -0.05) is 30.3 Å². The molecule has 0 atom stereocenters. The van der Waals surface area contributed by atoms with Gasteiger partial charge >= 0.3 is 12.2 Å². The van der Waals surface area contributed by atoms with E-state index in [1.807, 2.05) is 6.07 Å². The van der Waals surface area contributed by atoms with Gasteiger partial charge in [0.25, 0.3) is 0 Å². The first kappa shape index (κ1) is 10.0. The maximum atomic E-state index is 10.7. The first-order valence-electron chi connectivity index (χ1n) is 3.86. The highest BCUT2D eigenvalue weighted by Gasteiger charge is 2.07. The number of nitrogens with two attached hydrogens (primary N) is 1. The molecule has 5 nitrogen and oxygen atoms in total. The Labute approximate surface area is 80.4 Å². The van der Waals surface area contributed by atoms with E-state index in [0.717, 1.165) is 5.56 Å². The van der Waals surface area contributed by atoms with Gasteiger partial charge in [0.05, 0.1) is 0 Å². The zero-order chi connectivity index (χ0) is 10.4. The summed E-state index contributed by atoms with van der Waals surface area (Å²) in [5.74, 6) is 0. The molecule has 0 saturated carbocycles. The Morgan fingerprint density at radius 1 is 1.21 bits per heavy atom. The normalized spacial score (nSPS) is 9.14. The van der Waals surface area contributed by atoms with E-state index in [-0.39, 0.29) is 6.61 Å². The molecule has 0 aromatic heterocycles. The third-order valence-corrected chi connectivity index (χ3v) is 1.38. The van der Waals surface area contributed by atoms with Crippen LogP contribution in [-0.4, -0.2) is 12.2 Å². The Morgan fingerprint density at radius 2 is 1.86 bits per heavy atom. The molecule has 0 unspecified atom stereocenters. The molecule has 0 fully saturated rings. The second kappa shape index (κ2) is 4.86. The van der Waals surface area contributed by atoms with E-state index >= 15 is 0 Å². The number of carbonyl (C=O) groups is 2. The second-order valence-corrected chi connectivity index (χ2v) is 2.45. The molecule has 0 bridgehead atoms. The number of rotatable bonds is 2. The molecule has 74 valence electrons. The van der Waals surface area contributed by atoms with Crippen LogP contribution >= 0.6 is 0 Å². The van der Waals surface area contributed by atoms with E-state index < -0.39 is 12.2 Å². The van der Waals surface area contributed by atoms with Gasteiger partial charge in [-0.15, -0.1) is 0 Å². The fraction of sp³-hybridized carbons (Fsp3) is 0.111. The number of primary amides is 1. The van der Waals surface area contributed by atoms with Crippen molar-refractivity contribution in [1.82, 2.24) is 0 Å². The summed E-state index contributed by atoms with van der Waals surface area (Å²) in [6, 6.07) is 9.00. The Morgan fingerprint density at radius 3 is 2.43 bits per heavy atom. The number of hydrogen-bond donors (Lipinski definition) is 1. The van der Waals surface area contributed by atoms with Crippen LogP contribution < -0.4 is 5.73 Å². The van der Waals surface area contributed by atoms with E-state index in [1.165, 1.54) is 0 Å². The van der Waals surface area contributed by atoms with E-state index in [4.69, 9.17) is 0 Å². The smallest absolute Gasteiger partial charge is 0.429 e. The van der Waals surface area contributed by atoms with Gasteiger partial charge in [-0.05, 0) is 5.56 Å². The van der Waals surface area contributed by atoms with Gasteiger partial charge < -0.3 is 15.2 Å². The topological polar surface area (TPSA) is 78.6 Å². The Kier molecular flexibility index (Phi) is 3.49. The summed E-state index contributed by atoms with van der Waals surface area (Å²) in [6.45, 7) is 0.0486. The molecule has 2 N–H and O–H groups in total. The van der Waals surface area contributed by atoms with Crippen LogP contribution in [-0.2, 0) is 16.1 Å². The van der Waals surface area contributed by atoms with Crippen molar-refractivity contribution in [1.29, 1.82) is 0 Å². The third kappa shape index (κ3) is 3.57. The minimum absolute atomic E-state index is 0.0486. The molecule has 14 heavy (non-hydrogen) atoms. The van der Waals surface area contributed by atoms with E-state index in [9.17, 15) is 9.59 Å². The molecule has 0 saturated heterocycles. The molecule has 0 aliphatic heterocycles.